The maximum Gasteiger partial charge on any atom is 0.309 e. The van der Waals surface area contributed by atoms with E-state index in [0.29, 0.717) is 13.2 Å². The van der Waals surface area contributed by atoms with Gasteiger partial charge < -0.3 is 15.2 Å². The number of carboxylic acid groups (broad SMARTS) is 1. The number of hydrogen-bond acceptors (Lipinski definition) is 3. The molecule has 0 aliphatic heterocycles. The van der Waals surface area contributed by atoms with E-state index in [-0.39, 0.29) is 12.3 Å². The summed E-state index contributed by atoms with van der Waals surface area (Å²) < 4.78 is 5.48. The van der Waals surface area contributed by atoms with Gasteiger partial charge in [-0.25, -0.2) is 0 Å². The Morgan fingerprint density at radius 2 is 1.86 bits per heavy atom. The standard InChI is InChI=1S/C16H23NO4/c1-4-9-21-13-7-5-12(6-8-13)11-17-14(18)10-16(2,3)15(19)20/h5-8H,4,9-11H2,1-3H3,(H,17,18)(H,19,20). The molecule has 0 unspecified atom stereocenters. The summed E-state index contributed by atoms with van der Waals surface area (Å²) in [6.45, 7) is 6.18. The van der Waals surface area contributed by atoms with Crippen LogP contribution in [0.2, 0.25) is 0 Å². The van der Waals surface area contributed by atoms with Crippen molar-refractivity contribution >= 4 is 11.9 Å². The minimum absolute atomic E-state index is 0.0416. The van der Waals surface area contributed by atoms with Gasteiger partial charge in [0.25, 0.3) is 0 Å². The molecule has 116 valence electrons. The summed E-state index contributed by atoms with van der Waals surface area (Å²) in [5.41, 5.74) is -0.109. The zero-order chi connectivity index (χ0) is 15.9. The second kappa shape index (κ2) is 7.67. The molecule has 0 aromatic heterocycles. The van der Waals surface area contributed by atoms with Crippen LogP contribution < -0.4 is 10.1 Å². The highest BCUT2D eigenvalue weighted by atomic mass is 16.5. The number of carboxylic acids is 1. The first kappa shape index (κ1) is 17.0. The lowest BCUT2D eigenvalue weighted by Crippen LogP contribution is -2.33. The molecule has 1 amide bonds. The van der Waals surface area contributed by atoms with E-state index in [9.17, 15) is 9.59 Å². The van der Waals surface area contributed by atoms with Gasteiger partial charge in [0.1, 0.15) is 5.75 Å². The molecule has 0 aliphatic carbocycles. The van der Waals surface area contributed by atoms with E-state index in [0.717, 1.165) is 17.7 Å². The number of carbonyl (C=O) groups is 2. The average molecular weight is 293 g/mol. The molecule has 0 saturated carbocycles. The van der Waals surface area contributed by atoms with Crippen molar-refractivity contribution in [3.05, 3.63) is 29.8 Å². The number of rotatable bonds is 8. The average Bonchev–Trinajstić information content (AvgIpc) is 2.43. The topological polar surface area (TPSA) is 75.6 Å². The van der Waals surface area contributed by atoms with Gasteiger partial charge in [-0.05, 0) is 38.0 Å². The molecule has 0 saturated heterocycles. The largest absolute Gasteiger partial charge is 0.494 e. The number of carbonyl (C=O) groups excluding carboxylic acids is 1. The van der Waals surface area contributed by atoms with Gasteiger partial charge >= 0.3 is 5.97 Å². The Hall–Kier alpha value is -2.04. The van der Waals surface area contributed by atoms with E-state index in [1.54, 1.807) is 0 Å². The molecule has 0 bridgehead atoms. The molecule has 1 rings (SSSR count). The van der Waals surface area contributed by atoms with Gasteiger partial charge in [-0.2, -0.15) is 0 Å². The maximum absolute atomic E-state index is 11.7. The fraction of sp³-hybridized carbons (Fsp3) is 0.500. The van der Waals surface area contributed by atoms with Crippen molar-refractivity contribution in [2.24, 2.45) is 5.41 Å². The highest BCUT2D eigenvalue weighted by molar-refractivity contribution is 5.84. The summed E-state index contributed by atoms with van der Waals surface area (Å²) >= 11 is 0. The Labute approximate surface area is 125 Å². The van der Waals surface area contributed by atoms with E-state index in [4.69, 9.17) is 9.84 Å². The number of nitrogens with one attached hydrogen (secondary N) is 1. The van der Waals surface area contributed by atoms with Crippen LogP contribution in [0.1, 0.15) is 39.2 Å². The second-order valence-corrected chi connectivity index (χ2v) is 5.63. The monoisotopic (exact) mass is 293 g/mol. The summed E-state index contributed by atoms with van der Waals surface area (Å²) in [5, 5.41) is 11.7. The fourth-order valence-electron chi connectivity index (χ4n) is 1.66. The van der Waals surface area contributed by atoms with Crippen LogP contribution in [0.15, 0.2) is 24.3 Å². The first-order chi connectivity index (χ1) is 9.85. The summed E-state index contributed by atoms with van der Waals surface area (Å²) in [6.07, 6.45) is 0.914. The quantitative estimate of drug-likeness (QED) is 0.772. The molecule has 0 atom stereocenters. The van der Waals surface area contributed by atoms with Crippen LogP contribution in [0.4, 0.5) is 0 Å². The van der Waals surface area contributed by atoms with Crippen molar-refractivity contribution in [3.8, 4) is 5.75 Å². The van der Waals surface area contributed by atoms with Gasteiger partial charge in [-0.15, -0.1) is 0 Å². The lowest BCUT2D eigenvalue weighted by atomic mass is 9.89. The molecule has 0 heterocycles. The van der Waals surface area contributed by atoms with Crippen LogP contribution in [0.25, 0.3) is 0 Å². The molecule has 1 aromatic rings. The van der Waals surface area contributed by atoms with Crippen molar-refractivity contribution < 1.29 is 19.4 Å². The Morgan fingerprint density at radius 1 is 1.24 bits per heavy atom. The van der Waals surface area contributed by atoms with E-state index >= 15 is 0 Å². The molecule has 0 aliphatic rings. The summed E-state index contributed by atoms with van der Waals surface area (Å²) in [4.78, 5) is 22.7. The maximum atomic E-state index is 11.7. The van der Waals surface area contributed by atoms with Crippen molar-refractivity contribution in [1.29, 1.82) is 0 Å². The number of amides is 1. The molecule has 1 aromatic carbocycles. The van der Waals surface area contributed by atoms with Gasteiger partial charge in [-0.3, -0.25) is 9.59 Å². The minimum Gasteiger partial charge on any atom is -0.494 e. The van der Waals surface area contributed by atoms with Crippen LogP contribution in [-0.4, -0.2) is 23.6 Å². The normalized spacial score (nSPS) is 11.0. The molecule has 21 heavy (non-hydrogen) atoms. The molecular formula is C16H23NO4. The van der Waals surface area contributed by atoms with E-state index in [1.165, 1.54) is 13.8 Å². The Morgan fingerprint density at radius 3 is 2.38 bits per heavy atom. The SMILES string of the molecule is CCCOc1ccc(CNC(=O)CC(C)(C)C(=O)O)cc1. The molecule has 5 heteroatoms. The fourth-order valence-corrected chi connectivity index (χ4v) is 1.66. The highest BCUT2D eigenvalue weighted by Gasteiger charge is 2.29. The lowest BCUT2D eigenvalue weighted by Gasteiger charge is -2.18. The van der Waals surface area contributed by atoms with Crippen LogP contribution in [0, 0.1) is 5.41 Å². The Bertz CT molecular complexity index is 480. The van der Waals surface area contributed by atoms with Crippen molar-refractivity contribution in [3.63, 3.8) is 0 Å². The van der Waals surface area contributed by atoms with Gasteiger partial charge in [-0.1, -0.05) is 19.1 Å². The third kappa shape index (κ3) is 5.85. The summed E-state index contributed by atoms with van der Waals surface area (Å²) in [5.74, 6) is -0.442. The van der Waals surface area contributed by atoms with E-state index in [1.807, 2.05) is 31.2 Å². The molecule has 0 fully saturated rings. The van der Waals surface area contributed by atoms with Crippen LogP contribution in [-0.2, 0) is 16.1 Å². The molecular weight excluding hydrogens is 270 g/mol. The molecule has 0 spiro atoms. The predicted octanol–water partition coefficient (Wildman–Crippen LogP) is 2.59. The molecule has 0 radical (unpaired) electrons. The minimum atomic E-state index is -1.05. The molecule has 2 N–H and O–H groups in total. The summed E-state index contributed by atoms with van der Waals surface area (Å²) in [7, 11) is 0. The zero-order valence-corrected chi connectivity index (χ0v) is 12.8. The van der Waals surface area contributed by atoms with Gasteiger partial charge in [0.15, 0.2) is 0 Å². The molecule has 5 nitrogen and oxygen atoms in total. The first-order valence-corrected chi connectivity index (χ1v) is 7.07. The smallest absolute Gasteiger partial charge is 0.309 e. The zero-order valence-electron chi connectivity index (χ0n) is 12.8. The number of ether oxygens (including phenoxy) is 1. The Balaban J connectivity index is 2.44. The number of aliphatic carboxylic acids is 1. The Kier molecular flexibility index (Phi) is 6.21. The first-order valence-electron chi connectivity index (χ1n) is 7.07. The number of hydrogen-bond donors (Lipinski definition) is 2. The van der Waals surface area contributed by atoms with Gasteiger partial charge in [0, 0.05) is 13.0 Å². The van der Waals surface area contributed by atoms with E-state index < -0.39 is 11.4 Å². The van der Waals surface area contributed by atoms with Crippen molar-refractivity contribution in [2.75, 3.05) is 6.61 Å². The van der Waals surface area contributed by atoms with Gasteiger partial charge in [0.05, 0.1) is 12.0 Å². The summed E-state index contributed by atoms with van der Waals surface area (Å²) in [6, 6.07) is 7.48. The van der Waals surface area contributed by atoms with Crippen LogP contribution >= 0.6 is 0 Å². The second-order valence-electron chi connectivity index (χ2n) is 5.63. The lowest BCUT2D eigenvalue weighted by molar-refractivity contribution is -0.149. The van der Waals surface area contributed by atoms with Crippen LogP contribution in [0.5, 0.6) is 5.75 Å². The van der Waals surface area contributed by atoms with Crippen molar-refractivity contribution in [1.82, 2.24) is 5.32 Å². The van der Waals surface area contributed by atoms with Gasteiger partial charge in [0.2, 0.25) is 5.91 Å². The third-order valence-electron chi connectivity index (χ3n) is 3.07. The highest BCUT2D eigenvalue weighted by Crippen LogP contribution is 2.20. The third-order valence-corrected chi connectivity index (χ3v) is 3.07. The van der Waals surface area contributed by atoms with Crippen LogP contribution in [0.3, 0.4) is 0 Å². The van der Waals surface area contributed by atoms with Crippen molar-refractivity contribution in [2.45, 2.75) is 40.2 Å². The van der Waals surface area contributed by atoms with E-state index in [2.05, 4.69) is 5.32 Å². The number of benzene rings is 1. The predicted molar refractivity (Wildman–Crippen MR) is 80.1 cm³/mol.